The smallest absolute Gasteiger partial charge is 0.296 e. The standard InChI is InChI=1S/C10H13N3O5/c1-18-5-7(11)10(15)12-8-3-2-6(14)4-9(8)13(16)17/h2-4,7,14H,5,11H2,1H3,(H,12,15). The Morgan fingerprint density at radius 3 is 2.89 bits per heavy atom. The number of nitrogens with zero attached hydrogens (tertiary/aromatic N) is 1. The molecule has 98 valence electrons. The van der Waals surface area contributed by atoms with Gasteiger partial charge in [0.05, 0.1) is 17.6 Å². The summed E-state index contributed by atoms with van der Waals surface area (Å²) < 4.78 is 4.70. The Morgan fingerprint density at radius 1 is 1.67 bits per heavy atom. The fourth-order valence-electron chi connectivity index (χ4n) is 1.26. The van der Waals surface area contributed by atoms with Gasteiger partial charge in [0.25, 0.3) is 5.69 Å². The van der Waals surface area contributed by atoms with E-state index in [1.807, 2.05) is 0 Å². The summed E-state index contributed by atoms with van der Waals surface area (Å²) in [6, 6.07) is 2.47. The number of phenols is 1. The molecule has 0 aliphatic carbocycles. The van der Waals surface area contributed by atoms with Crippen molar-refractivity contribution in [3.63, 3.8) is 0 Å². The summed E-state index contributed by atoms with van der Waals surface area (Å²) in [5.74, 6) is -0.869. The number of carbonyl (C=O) groups is 1. The van der Waals surface area contributed by atoms with Gasteiger partial charge in [-0.15, -0.1) is 0 Å². The van der Waals surface area contributed by atoms with Gasteiger partial charge in [-0.2, -0.15) is 0 Å². The molecule has 0 heterocycles. The zero-order valence-corrected chi connectivity index (χ0v) is 9.62. The van der Waals surface area contributed by atoms with E-state index in [4.69, 9.17) is 15.6 Å². The number of anilines is 1. The summed E-state index contributed by atoms with van der Waals surface area (Å²) in [5.41, 5.74) is 5.03. The van der Waals surface area contributed by atoms with Gasteiger partial charge in [-0.3, -0.25) is 14.9 Å². The highest BCUT2D eigenvalue weighted by Gasteiger charge is 2.19. The Kier molecular flexibility index (Phi) is 4.58. The maximum atomic E-state index is 11.6. The van der Waals surface area contributed by atoms with Crippen molar-refractivity contribution in [2.45, 2.75) is 6.04 Å². The molecular weight excluding hydrogens is 242 g/mol. The number of phenolic OH excluding ortho intramolecular Hbond substituents is 1. The summed E-state index contributed by atoms with van der Waals surface area (Å²) in [7, 11) is 1.39. The Hall–Kier alpha value is -2.19. The summed E-state index contributed by atoms with van der Waals surface area (Å²) in [6.07, 6.45) is 0. The van der Waals surface area contributed by atoms with Crippen LogP contribution in [0, 0.1) is 10.1 Å². The minimum Gasteiger partial charge on any atom is -0.508 e. The molecular formula is C10H13N3O5. The predicted molar refractivity (Wildman–Crippen MR) is 63.2 cm³/mol. The van der Waals surface area contributed by atoms with E-state index in [9.17, 15) is 14.9 Å². The summed E-state index contributed by atoms with van der Waals surface area (Å²) in [4.78, 5) is 21.6. The second-order valence-corrected chi connectivity index (χ2v) is 3.51. The van der Waals surface area contributed by atoms with E-state index in [0.29, 0.717) is 0 Å². The monoisotopic (exact) mass is 255 g/mol. The molecule has 1 amide bonds. The number of methoxy groups -OCH3 is 1. The van der Waals surface area contributed by atoms with Gasteiger partial charge >= 0.3 is 0 Å². The molecule has 1 rings (SSSR count). The number of ether oxygens (including phenoxy) is 1. The van der Waals surface area contributed by atoms with Crippen LogP contribution in [0.15, 0.2) is 18.2 Å². The fourth-order valence-corrected chi connectivity index (χ4v) is 1.26. The number of nitro benzene ring substituents is 1. The summed E-state index contributed by atoms with van der Waals surface area (Å²) in [5, 5.41) is 22.2. The van der Waals surface area contributed by atoms with Gasteiger partial charge in [-0.1, -0.05) is 0 Å². The predicted octanol–water partition coefficient (Wildman–Crippen LogP) is 0.213. The van der Waals surface area contributed by atoms with E-state index < -0.39 is 22.6 Å². The van der Waals surface area contributed by atoms with E-state index in [1.165, 1.54) is 19.2 Å². The molecule has 4 N–H and O–H groups in total. The largest absolute Gasteiger partial charge is 0.508 e. The Bertz CT molecular complexity index is 463. The highest BCUT2D eigenvalue weighted by molar-refractivity contribution is 5.96. The van der Waals surface area contributed by atoms with Crippen molar-refractivity contribution < 1.29 is 19.6 Å². The molecule has 0 bridgehead atoms. The lowest BCUT2D eigenvalue weighted by atomic mass is 10.2. The average Bonchev–Trinajstić information content (AvgIpc) is 2.31. The van der Waals surface area contributed by atoms with E-state index in [0.717, 1.165) is 6.07 Å². The van der Waals surface area contributed by atoms with Crippen molar-refractivity contribution in [1.82, 2.24) is 0 Å². The summed E-state index contributed by atoms with van der Waals surface area (Å²) in [6.45, 7) is -0.00227. The van der Waals surface area contributed by atoms with E-state index in [2.05, 4.69) is 5.32 Å². The van der Waals surface area contributed by atoms with Crippen LogP contribution < -0.4 is 11.1 Å². The Morgan fingerprint density at radius 2 is 2.33 bits per heavy atom. The lowest BCUT2D eigenvalue weighted by Crippen LogP contribution is -2.39. The second kappa shape index (κ2) is 5.94. The highest BCUT2D eigenvalue weighted by atomic mass is 16.6. The van der Waals surface area contributed by atoms with Gasteiger partial charge in [0.15, 0.2) is 0 Å². The second-order valence-electron chi connectivity index (χ2n) is 3.51. The zero-order chi connectivity index (χ0) is 13.7. The number of rotatable bonds is 5. The van der Waals surface area contributed by atoms with Crippen molar-refractivity contribution in [3.8, 4) is 5.75 Å². The van der Waals surface area contributed by atoms with Gasteiger partial charge in [0, 0.05) is 7.11 Å². The zero-order valence-electron chi connectivity index (χ0n) is 9.62. The van der Waals surface area contributed by atoms with Crippen LogP contribution in [0.2, 0.25) is 0 Å². The molecule has 0 radical (unpaired) electrons. The van der Waals surface area contributed by atoms with Crippen molar-refractivity contribution in [1.29, 1.82) is 0 Å². The van der Waals surface area contributed by atoms with Crippen LogP contribution in [0.4, 0.5) is 11.4 Å². The topological polar surface area (TPSA) is 128 Å². The molecule has 0 aromatic heterocycles. The maximum Gasteiger partial charge on any atom is 0.296 e. The first-order chi connectivity index (χ1) is 8.45. The van der Waals surface area contributed by atoms with Gasteiger partial charge in [0.1, 0.15) is 17.5 Å². The number of hydrogen-bond acceptors (Lipinski definition) is 6. The first-order valence-corrected chi connectivity index (χ1v) is 4.98. The lowest BCUT2D eigenvalue weighted by molar-refractivity contribution is -0.384. The first kappa shape index (κ1) is 13.9. The van der Waals surface area contributed by atoms with Crippen LogP contribution in [0.5, 0.6) is 5.75 Å². The van der Waals surface area contributed by atoms with Crippen molar-refractivity contribution in [2.24, 2.45) is 5.73 Å². The van der Waals surface area contributed by atoms with Crippen LogP contribution in [0.25, 0.3) is 0 Å². The first-order valence-electron chi connectivity index (χ1n) is 4.98. The van der Waals surface area contributed by atoms with Gasteiger partial charge in [0.2, 0.25) is 5.91 Å². The third kappa shape index (κ3) is 3.40. The van der Waals surface area contributed by atoms with E-state index in [1.54, 1.807) is 0 Å². The number of nitrogens with two attached hydrogens (primary N) is 1. The minimum atomic E-state index is -0.927. The molecule has 0 aliphatic rings. The third-order valence-corrected chi connectivity index (χ3v) is 2.12. The number of nitrogens with one attached hydrogen (secondary N) is 1. The molecule has 1 atom stereocenters. The third-order valence-electron chi connectivity index (χ3n) is 2.12. The molecule has 1 aromatic rings. The van der Waals surface area contributed by atoms with Gasteiger partial charge in [-0.05, 0) is 12.1 Å². The van der Waals surface area contributed by atoms with E-state index in [-0.39, 0.29) is 18.0 Å². The van der Waals surface area contributed by atoms with Crippen LogP contribution in [0.3, 0.4) is 0 Å². The molecule has 0 spiro atoms. The average molecular weight is 255 g/mol. The molecule has 1 unspecified atom stereocenters. The van der Waals surface area contributed by atoms with Crippen LogP contribution in [-0.2, 0) is 9.53 Å². The molecule has 8 heteroatoms. The summed E-state index contributed by atoms with van der Waals surface area (Å²) >= 11 is 0. The van der Waals surface area contributed by atoms with Crippen molar-refractivity contribution >= 4 is 17.3 Å². The van der Waals surface area contributed by atoms with Crippen molar-refractivity contribution in [3.05, 3.63) is 28.3 Å². The van der Waals surface area contributed by atoms with Gasteiger partial charge < -0.3 is 20.9 Å². The van der Waals surface area contributed by atoms with Crippen LogP contribution in [0.1, 0.15) is 0 Å². The number of hydrogen-bond donors (Lipinski definition) is 3. The number of aromatic hydroxyl groups is 1. The Labute approximate surface area is 103 Å². The Balaban J connectivity index is 2.90. The number of benzene rings is 1. The fraction of sp³-hybridized carbons (Fsp3) is 0.300. The lowest BCUT2D eigenvalue weighted by Gasteiger charge is -2.11. The van der Waals surface area contributed by atoms with Gasteiger partial charge in [-0.25, -0.2) is 0 Å². The number of carbonyl (C=O) groups excluding carboxylic acids is 1. The molecule has 1 aromatic carbocycles. The molecule has 0 fully saturated rings. The highest BCUT2D eigenvalue weighted by Crippen LogP contribution is 2.28. The number of amides is 1. The quantitative estimate of drug-likeness (QED) is 0.392. The molecule has 18 heavy (non-hydrogen) atoms. The van der Waals surface area contributed by atoms with Crippen LogP contribution in [-0.4, -0.2) is 35.7 Å². The van der Waals surface area contributed by atoms with E-state index >= 15 is 0 Å². The maximum absolute atomic E-state index is 11.6. The van der Waals surface area contributed by atoms with Crippen molar-refractivity contribution in [2.75, 3.05) is 19.0 Å². The normalized spacial score (nSPS) is 11.9. The molecule has 0 aliphatic heterocycles. The number of nitro groups is 1. The van der Waals surface area contributed by atoms with Crippen LogP contribution >= 0.6 is 0 Å². The minimum absolute atomic E-state index is 0.00227. The molecule has 0 saturated carbocycles. The molecule has 0 saturated heterocycles. The molecule has 8 nitrogen and oxygen atoms in total. The SMILES string of the molecule is COCC(N)C(=O)Nc1ccc(O)cc1[N+](=O)[O-].